The molecule has 1 aliphatic heterocycles. The fourth-order valence-corrected chi connectivity index (χ4v) is 2.95. The Labute approximate surface area is 164 Å². The van der Waals surface area contributed by atoms with Crippen LogP contribution in [0.25, 0.3) is 0 Å². The lowest BCUT2D eigenvalue weighted by Crippen LogP contribution is -2.52. The summed E-state index contributed by atoms with van der Waals surface area (Å²) in [6.45, 7) is 5.00. The number of piperazine rings is 1. The number of nitrogens with one attached hydrogen (secondary N) is 1. The van der Waals surface area contributed by atoms with Gasteiger partial charge >= 0.3 is 5.97 Å². The van der Waals surface area contributed by atoms with Gasteiger partial charge in [-0.05, 0) is 12.5 Å². The Bertz CT molecular complexity index is 699. The summed E-state index contributed by atoms with van der Waals surface area (Å²) >= 11 is 0. The molecule has 28 heavy (non-hydrogen) atoms. The van der Waals surface area contributed by atoms with E-state index in [9.17, 15) is 19.2 Å². The van der Waals surface area contributed by atoms with Crippen molar-refractivity contribution in [2.75, 3.05) is 32.7 Å². The second-order valence-corrected chi connectivity index (χ2v) is 6.73. The van der Waals surface area contributed by atoms with Crippen LogP contribution < -0.4 is 5.32 Å². The number of benzene rings is 1. The van der Waals surface area contributed by atoms with Crippen molar-refractivity contribution in [3.8, 4) is 0 Å². The minimum absolute atomic E-state index is 0.00371. The lowest BCUT2D eigenvalue weighted by molar-refractivity contribution is -0.160. The first-order chi connectivity index (χ1) is 13.4. The summed E-state index contributed by atoms with van der Waals surface area (Å²) < 4.78 is 5.18. The Morgan fingerprint density at radius 1 is 1.04 bits per heavy atom. The third-order valence-electron chi connectivity index (χ3n) is 4.55. The average molecular weight is 389 g/mol. The number of hydrogen-bond donors (Lipinski definition) is 1. The molecule has 0 radical (unpaired) electrons. The summed E-state index contributed by atoms with van der Waals surface area (Å²) in [5, 5.41) is 2.67. The van der Waals surface area contributed by atoms with Gasteiger partial charge in [0.15, 0.2) is 6.10 Å². The zero-order chi connectivity index (χ0) is 20.5. The summed E-state index contributed by atoms with van der Waals surface area (Å²) in [5.74, 6) is -1.000. The molecule has 0 spiro atoms. The Morgan fingerprint density at radius 3 is 2.25 bits per heavy atom. The lowest BCUT2D eigenvalue weighted by atomic mass is 10.1. The summed E-state index contributed by atoms with van der Waals surface area (Å²) in [4.78, 5) is 50.8. The molecule has 1 aromatic rings. The molecule has 0 aliphatic carbocycles. The van der Waals surface area contributed by atoms with E-state index in [1.165, 1.54) is 13.8 Å². The van der Waals surface area contributed by atoms with Gasteiger partial charge in [0.2, 0.25) is 11.8 Å². The number of carbonyl (C=O) groups excluding carboxylic acids is 4. The molecule has 1 unspecified atom stereocenters. The Balaban J connectivity index is 1.66. The Kier molecular flexibility index (Phi) is 7.98. The smallest absolute Gasteiger partial charge is 0.308 e. The zero-order valence-electron chi connectivity index (χ0n) is 16.3. The maximum Gasteiger partial charge on any atom is 0.308 e. The van der Waals surface area contributed by atoms with E-state index < -0.39 is 12.1 Å². The number of carbonyl (C=O) groups is 4. The maximum absolute atomic E-state index is 12.4. The van der Waals surface area contributed by atoms with Crippen LogP contribution in [0.4, 0.5) is 0 Å². The molecular weight excluding hydrogens is 362 g/mol. The molecule has 1 aromatic carbocycles. The molecule has 0 saturated carbocycles. The number of esters is 1. The van der Waals surface area contributed by atoms with Crippen LogP contribution in [0.2, 0.25) is 0 Å². The van der Waals surface area contributed by atoms with Crippen molar-refractivity contribution in [3.05, 3.63) is 35.9 Å². The second-order valence-electron chi connectivity index (χ2n) is 6.73. The number of amides is 3. The molecule has 1 heterocycles. The molecule has 8 heteroatoms. The van der Waals surface area contributed by atoms with Crippen molar-refractivity contribution >= 4 is 23.7 Å². The van der Waals surface area contributed by atoms with Crippen LogP contribution in [0.15, 0.2) is 30.3 Å². The van der Waals surface area contributed by atoms with Crippen LogP contribution in [-0.2, 0) is 30.3 Å². The van der Waals surface area contributed by atoms with Crippen LogP contribution in [0.3, 0.4) is 0 Å². The van der Waals surface area contributed by atoms with Crippen LogP contribution in [0.1, 0.15) is 25.8 Å². The first-order valence-corrected chi connectivity index (χ1v) is 9.41. The maximum atomic E-state index is 12.4. The molecule has 1 fully saturated rings. The molecule has 1 saturated heterocycles. The van der Waals surface area contributed by atoms with Gasteiger partial charge in [-0.15, -0.1) is 0 Å². The van der Waals surface area contributed by atoms with Crippen LogP contribution >= 0.6 is 0 Å². The highest BCUT2D eigenvalue weighted by Gasteiger charge is 2.27. The highest BCUT2D eigenvalue weighted by atomic mass is 16.5. The van der Waals surface area contributed by atoms with Crippen molar-refractivity contribution in [3.63, 3.8) is 0 Å². The van der Waals surface area contributed by atoms with Gasteiger partial charge in [-0.3, -0.25) is 19.2 Å². The average Bonchev–Trinajstić information content (AvgIpc) is 2.68. The first-order valence-electron chi connectivity index (χ1n) is 9.41. The highest BCUT2D eigenvalue weighted by molar-refractivity contribution is 5.84. The van der Waals surface area contributed by atoms with Crippen LogP contribution in [0, 0.1) is 0 Å². The van der Waals surface area contributed by atoms with Crippen LogP contribution in [0.5, 0.6) is 0 Å². The van der Waals surface area contributed by atoms with E-state index in [-0.39, 0.29) is 37.1 Å². The number of ether oxygens (including phenoxy) is 1. The highest BCUT2D eigenvalue weighted by Crippen LogP contribution is 2.07. The molecule has 8 nitrogen and oxygen atoms in total. The molecule has 1 aliphatic rings. The lowest BCUT2D eigenvalue weighted by Gasteiger charge is -2.35. The Hall–Kier alpha value is -2.90. The van der Waals surface area contributed by atoms with E-state index in [1.807, 2.05) is 30.3 Å². The minimum atomic E-state index is -0.892. The summed E-state index contributed by atoms with van der Waals surface area (Å²) in [6, 6.07) is 9.31. The quantitative estimate of drug-likeness (QED) is 0.679. The second kappa shape index (κ2) is 10.4. The fraction of sp³-hybridized carbons (Fsp3) is 0.500. The van der Waals surface area contributed by atoms with Gasteiger partial charge in [0.1, 0.15) is 0 Å². The molecule has 1 atom stereocenters. The molecule has 152 valence electrons. The standard InChI is InChI=1S/C20H27N3O5/c1-15(20(27)23-12-10-22(11-13-23)16(2)24)28-19(26)8-9-21-18(25)14-17-6-4-3-5-7-17/h3-7,15H,8-14H2,1-2H3,(H,21,25). The normalized spacial score (nSPS) is 14.9. The van der Waals surface area contributed by atoms with Gasteiger partial charge in [-0.1, -0.05) is 30.3 Å². The van der Waals surface area contributed by atoms with Gasteiger partial charge in [0, 0.05) is 39.6 Å². The van der Waals surface area contributed by atoms with Crippen molar-refractivity contribution in [1.29, 1.82) is 0 Å². The largest absolute Gasteiger partial charge is 0.452 e. The molecule has 0 bridgehead atoms. The third-order valence-corrected chi connectivity index (χ3v) is 4.55. The van der Waals surface area contributed by atoms with Gasteiger partial charge in [-0.2, -0.15) is 0 Å². The van der Waals surface area contributed by atoms with Crippen molar-refractivity contribution in [2.45, 2.75) is 32.8 Å². The van der Waals surface area contributed by atoms with E-state index in [1.54, 1.807) is 9.80 Å². The van der Waals surface area contributed by atoms with E-state index in [0.29, 0.717) is 26.2 Å². The van der Waals surface area contributed by atoms with Crippen molar-refractivity contribution in [1.82, 2.24) is 15.1 Å². The summed E-state index contributed by atoms with van der Waals surface area (Å²) in [5.41, 5.74) is 0.895. The van der Waals surface area contributed by atoms with Gasteiger partial charge in [-0.25, -0.2) is 0 Å². The summed E-state index contributed by atoms with van der Waals surface area (Å²) in [6.07, 6.45) is -0.649. The van der Waals surface area contributed by atoms with Gasteiger partial charge < -0.3 is 19.9 Å². The van der Waals surface area contributed by atoms with Crippen LogP contribution in [-0.4, -0.2) is 72.3 Å². The summed E-state index contributed by atoms with van der Waals surface area (Å²) in [7, 11) is 0. The molecular formula is C20H27N3O5. The predicted octanol–water partition coefficient (Wildman–Crippen LogP) is 0.358. The predicted molar refractivity (Wildman–Crippen MR) is 102 cm³/mol. The molecule has 1 N–H and O–H groups in total. The van der Waals surface area contributed by atoms with Gasteiger partial charge in [0.25, 0.3) is 5.91 Å². The SMILES string of the molecule is CC(=O)N1CCN(C(=O)C(C)OC(=O)CCNC(=O)Cc2ccccc2)CC1. The van der Waals surface area contributed by atoms with E-state index in [0.717, 1.165) is 5.56 Å². The van der Waals surface area contributed by atoms with Gasteiger partial charge in [0.05, 0.1) is 12.8 Å². The topological polar surface area (TPSA) is 96.0 Å². The minimum Gasteiger partial charge on any atom is -0.452 e. The molecule has 3 amide bonds. The molecule has 0 aromatic heterocycles. The Morgan fingerprint density at radius 2 is 1.64 bits per heavy atom. The van der Waals surface area contributed by atoms with E-state index >= 15 is 0 Å². The van der Waals surface area contributed by atoms with E-state index in [4.69, 9.17) is 4.74 Å². The number of nitrogens with zero attached hydrogens (tertiary/aromatic N) is 2. The third kappa shape index (κ3) is 6.68. The fourth-order valence-electron chi connectivity index (χ4n) is 2.95. The number of rotatable bonds is 7. The first kappa shape index (κ1) is 21.4. The zero-order valence-corrected chi connectivity index (χ0v) is 16.3. The molecule has 2 rings (SSSR count). The van der Waals surface area contributed by atoms with E-state index in [2.05, 4.69) is 5.32 Å². The number of hydrogen-bond acceptors (Lipinski definition) is 5. The van der Waals surface area contributed by atoms with Crippen molar-refractivity contribution < 1.29 is 23.9 Å². The monoisotopic (exact) mass is 389 g/mol. The van der Waals surface area contributed by atoms with Crippen molar-refractivity contribution in [2.24, 2.45) is 0 Å².